The van der Waals surface area contributed by atoms with Gasteiger partial charge >= 0.3 is 0 Å². The maximum absolute atomic E-state index is 13.1. The van der Waals surface area contributed by atoms with Crippen LogP contribution in [0.5, 0.6) is 0 Å². The Bertz CT molecular complexity index is 2020. The van der Waals surface area contributed by atoms with Crippen LogP contribution < -0.4 is 0 Å². The van der Waals surface area contributed by atoms with Crippen LogP contribution in [0.4, 0.5) is 0 Å². The minimum atomic E-state index is -0.0821. The Hall–Kier alpha value is -5.68. The first-order valence-corrected chi connectivity index (χ1v) is 16.5. The third-order valence-corrected chi connectivity index (χ3v) is 9.24. The molecule has 2 radical (unpaired) electrons. The largest absolute Gasteiger partial charge is 0.340 e. The van der Waals surface area contributed by atoms with Crippen LogP contribution in [0, 0.1) is 24.7 Å². The van der Waals surface area contributed by atoms with Gasteiger partial charge in [-0.2, -0.15) is 0 Å². The molecular formula is C40H34N6O2. The van der Waals surface area contributed by atoms with Crippen LogP contribution in [0.25, 0.3) is 22.1 Å². The van der Waals surface area contributed by atoms with Crippen molar-refractivity contribution in [1.82, 2.24) is 29.7 Å². The summed E-state index contributed by atoms with van der Waals surface area (Å²) in [5.41, 5.74) is 7.02. The monoisotopic (exact) mass is 630 g/mol. The van der Waals surface area contributed by atoms with Crippen LogP contribution in [-0.2, 0) is 9.59 Å². The summed E-state index contributed by atoms with van der Waals surface area (Å²) in [4.78, 5) is 46.8. The van der Waals surface area contributed by atoms with Crippen molar-refractivity contribution in [3.63, 3.8) is 0 Å². The van der Waals surface area contributed by atoms with Crippen molar-refractivity contribution in [3.05, 3.63) is 144 Å². The summed E-state index contributed by atoms with van der Waals surface area (Å²) < 4.78 is 0. The molecule has 0 spiro atoms. The maximum atomic E-state index is 13.1. The molecule has 0 saturated carbocycles. The quantitative estimate of drug-likeness (QED) is 0.201. The minimum absolute atomic E-state index is 0.00679. The number of amides is 2. The Kier molecular flexibility index (Phi) is 7.95. The molecule has 8 nitrogen and oxygen atoms in total. The Morgan fingerprint density at radius 1 is 0.625 bits per heavy atom. The number of fused-ring (bicyclic) bond motifs is 2. The normalized spacial score (nSPS) is 17.6. The topological polar surface area (TPSA) is 98.0 Å². The van der Waals surface area contributed by atoms with E-state index in [2.05, 4.69) is 21.8 Å². The van der Waals surface area contributed by atoms with Gasteiger partial charge in [-0.25, -0.2) is 9.97 Å². The van der Waals surface area contributed by atoms with Crippen molar-refractivity contribution in [2.45, 2.75) is 37.8 Å². The lowest BCUT2D eigenvalue weighted by atomic mass is 10.1. The fourth-order valence-corrected chi connectivity index (χ4v) is 6.85. The van der Waals surface area contributed by atoms with E-state index in [1.165, 1.54) is 0 Å². The van der Waals surface area contributed by atoms with E-state index in [1.54, 1.807) is 12.8 Å². The highest BCUT2D eigenvalue weighted by atomic mass is 16.2. The van der Waals surface area contributed by atoms with Crippen molar-refractivity contribution >= 4 is 33.9 Å². The van der Waals surface area contributed by atoms with Crippen molar-refractivity contribution in [2.24, 2.45) is 0 Å². The highest BCUT2D eigenvalue weighted by Gasteiger charge is 2.33. The first-order valence-electron chi connectivity index (χ1n) is 16.5. The van der Waals surface area contributed by atoms with Gasteiger partial charge in [0.2, 0.25) is 11.8 Å². The van der Waals surface area contributed by atoms with Gasteiger partial charge in [0.1, 0.15) is 11.6 Å². The number of aromatic nitrogens is 4. The Morgan fingerprint density at radius 3 is 1.50 bits per heavy atom. The Morgan fingerprint density at radius 2 is 1.06 bits per heavy atom. The number of nitrogens with one attached hydrogen (secondary N) is 2. The molecule has 0 aliphatic carbocycles. The lowest BCUT2D eigenvalue weighted by Crippen LogP contribution is -2.31. The van der Waals surface area contributed by atoms with Crippen LogP contribution in [-0.4, -0.2) is 54.6 Å². The maximum Gasteiger partial charge on any atom is 0.231 e. The lowest BCUT2D eigenvalue weighted by molar-refractivity contribution is -0.129. The molecule has 4 heterocycles. The third kappa shape index (κ3) is 6.07. The molecule has 8 heteroatoms. The molecule has 6 aromatic rings. The van der Waals surface area contributed by atoms with Crippen LogP contribution >= 0.6 is 0 Å². The number of carbonyl (C=O) groups is 2. The number of carbonyl (C=O) groups excluding carboxylic acids is 2. The SMILES string of the molecule is O=C([CH]c1ccccc1)N1CCCC1c1nc2cc(C#Cc3ccc4[nH]c([C@@H]5CCCN5C(=O)[CH]c5ccccc5)nc4c3)ccc2[nH]1. The van der Waals surface area contributed by atoms with Crippen LogP contribution in [0.15, 0.2) is 97.1 Å². The van der Waals surface area contributed by atoms with Gasteiger partial charge in [0, 0.05) is 24.2 Å². The van der Waals surface area contributed by atoms with Gasteiger partial charge in [-0.1, -0.05) is 72.5 Å². The number of rotatable bonds is 6. The molecule has 1 unspecified atom stereocenters. The van der Waals surface area contributed by atoms with Crippen molar-refractivity contribution in [2.75, 3.05) is 13.1 Å². The molecule has 2 N–H and O–H groups in total. The van der Waals surface area contributed by atoms with E-state index in [1.807, 2.05) is 107 Å². The zero-order chi connectivity index (χ0) is 32.5. The Balaban J connectivity index is 0.971. The highest BCUT2D eigenvalue weighted by Crippen LogP contribution is 2.34. The van der Waals surface area contributed by atoms with E-state index in [0.29, 0.717) is 13.1 Å². The number of benzene rings is 4. The molecule has 2 aliphatic heterocycles. The first-order chi connectivity index (χ1) is 23.6. The molecule has 0 bridgehead atoms. The van der Waals surface area contributed by atoms with E-state index < -0.39 is 0 Å². The Labute approximate surface area is 279 Å². The summed E-state index contributed by atoms with van der Waals surface area (Å²) in [5, 5.41) is 0. The average Bonchev–Trinajstić information content (AvgIpc) is 3.93. The predicted molar refractivity (Wildman–Crippen MR) is 185 cm³/mol. The van der Waals surface area contributed by atoms with Gasteiger partial charge in [0.05, 0.1) is 47.0 Å². The van der Waals surface area contributed by atoms with Gasteiger partial charge in [0.25, 0.3) is 0 Å². The second-order valence-corrected chi connectivity index (χ2v) is 12.4. The number of hydrogen-bond donors (Lipinski definition) is 2. The minimum Gasteiger partial charge on any atom is -0.340 e. The molecule has 236 valence electrons. The van der Waals surface area contributed by atoms with Crippen molar-refractivity contribution in [3.8, 4) is 11.8 Å². The van der Waals surface area contributed by atoms with Crippen LogP contribution in [0.1, 0.15) is 71.7 Å². The summed E-state index contributed by atoms with van der Waals surface area (Å²) >= 11 is 0. The summed E-state index contributed by atoms with van der Waals surface area (Å²) in [6.07, 6.45) is 7.04. The summed E-state index contributed by atoms with van der Waals surface area (Å²) in [7, 11) is 0. The van der Waals surface area contributed by atoms with Crippen LogP contribution in [0.3, 0.4) is 0 Å². The second-order valence-electron chi connectivity index (χ2n) is 12.4. The molecule has 2 amide bonds. The fourth-order valence-electron chi connectivity index (χ4n) is 6.85. The molecule has 4 aromatic carbocycles. The molecule has 2 aliphatic rings. The summed E-state index contributed by atoms with van der Waals surface area (Å²) in [6.45, 7) is 1.43. The lowest BCUT2D eigenvalue weighted by Gasteiger charge is -2.23. The molecule has 2 fully saturated rings. The predicted octanol–water partition coefficient (Wildman–Crippen LogP) is 6.67. The van der Waals surface area contributed by atoms with E-state index in [9.17, 15) is 9.59 Å². The van der Waals surface area contributed by atoms with Gasteiger partial charge in [-0.3, -0.25) is 9.59 Å². The molecule has 8 rings (SSSR count). The van der Waals surface area contributed by atoms with E-state index in [-0.39, 0.29) is 23.9 Å². The van der Waals surface area contributed by atoms with Crippen molar-refractivity contribution in [1.29, 1.82) is 0 Å². The third-order valence-electron chi connectivity index (χ3n) is 9.24. The number of nitrogens with zero attached hydrogens (tertiary/aromatic N) is 4. The number of H-pyrrole nitrogens is 2. The zero-order valence-electron chi connectivity index (χ0n) is 26.4. The van der Waals surface area contributed by atoms with Crippen LogP contribution in [0.2, 0.25) is 0 Å². The number of aromatic amines is 2. The van der Waals surface area contributed by atoms with E-state index in [4.69, 9.17) is 9.97 Å². The van der Waals surface area contributed by atoms with Gasteiger partial charge in [0.15, 0.2) is 0 Å². The molecule has 2 saturated heterocycles. The molecular weight excluding hydrogens is 596 g/mol. The highest BCUT2D eigenvalue weighted by molar-refractivity contribution is 5.90. The molecule has 2 atom stereocenters. The van der Waals surface area contributed by atoms with E-state index in [0.717, 1.165) is 81.7 Å². The van der Waals surface area contributed by atoms with Gasteiger partial charge in [-0.15, -0.1) is 0 Å². The first kappa shape index (κ1) is 29.7. The van der Waals surface area contributed by atoms with Crippen molar-refractivity contribution < 1.29 is 9.59 Å². The molecule has 48 heavy (non-hydrogen) atoms. The smallest absolute Gasteiger partial charge is 0.231 e. The van der Waals surface area contributed by atoms with Gasteiger partial charge < -0.3 is 19.8 Å². The number of imidazole rings is 2. The fraction of sp³-hybridized carbons (Fsp3) is 0.200. The standard InChI is InChI=1S/C40H34N6O2/c47-37(25-27-9-3-1-4-10-27)45-21-7-13-35(45)39-41-31-19-17-29(23-33(31)43-39)15-16-30-18-20-32-34(24-30)44-40(42-32)36-14-8-22-46(36)38(48)26-28-11-5-2-6-12-28/h1-6,9-12,17-20,23-26,35-36H,7-8,13-14,21-22H2,(H,41,43)(H,42,44)/t35-,36?/m0/s1. The summed E-state index contributed by atoms with van der Waals surface area (Å²) in [5.74, 6) is 8.21. The number of likely N-dealkylation sites (tertiary alicyclic amines) is 2. The van der Waals surface area contributed by atoms with Gasteiger partial charge in [-0.05, 0) is 73.2 Å². The van der Waals surface area contributed by atoms with E-state index >= 15 is 0 Å². The molecule has 2 aromatic heterocycles. The average molecular weight is 631 g/mol. The second kappa shape index (κ2) is 12.8. The summed E-state index contributed by atoms with van der Waals surface area (Å²) in [6, 6.07) is 31.2. The zero-order valence-corrected chi connectivity index (χ0v) is 26.4. The number of hydrogen-bond acceptors (Lipinski definition) is 4.